The molecular weight excluding hydrogens is 234 g/mol. The van der Waals surface area contributed by atoms with Crippen molar-refractivity contribution in [2.24, 2.45) is 0 Å². The third-order valence-corrected chi connectivity index (χ3v) is 2.66. The van der Waals surface area contributed by atoms with Crippen LogP contribution in [0.25, 0.3) is 0 Å². The van der Waals surface area contributed by atoms with E-state index in [-0.39, 0.29) is 12.7 Å². The van der Waals surface area contributed by atoms with Gasteiger partial charge in [-0.2, -0.15) is 0 Å². The summed E-state index contributed by atoms with van der Waals surface area (Å²) in [6, 6.07) is 8.87. The summed E-state index contributed by atoms with van der Waals surface area (Å²) in [6.45, 7) is 0.588. The van der Waals surface area contributed by atoms with E-state index in [9.17, 15) is 4.79 Å². The summed E-state index contributed by atoms with van der Waals surface area (Å²) in [5.41, 5.74) is 0.880. The quantitative estimate of drug-likeness (QED) is 0.897. The van der Waals surface area contributed by atoms with Gasteiger partial charge in [0.05, 0.1) is 6.26 Å². The Labute approximate surface area is 103 Å². The third-order valence-electron chi connectivity index (χ3n) is 2.66. The first kappa shape index (κ1) is 10.7. The largest absolute Gasteiger partial charge is 0.459 e. The molecule has 1 aromatic carbocycles. The molecule has 0 unspecified atom stereocenters. The van der Waals surface area contributed by atoms with Gasteiger partial charge in [0.2, 0.25) is 6.79 Å². The lowest BCUT2D eigenvalue weighted by Gasteiger charge is -2.06. The van der Waals surface area contributed by atoms with E-state index >= 15 is 0 Å². The van der Waals surface area contributed by atoms with Crippen molar-refractivity contribution >= 4 is 5.91 Å². The number of rotatable bonds is 3. The minimum absolute atomic E-state index is 0.221. The standard InChI is InChI=1S/C13H11NO4/c15-13(11-5-2-6-16-11)14-7-9-3-1-4-10-12(9)18-8-17-10/h1-6H,7-8H2,(H,14,15). The molecule has 0 saturated heterocycles. The molecule has 1 amide bonds. The van der Waals surface area contributed by atoms with Crippen LogP contribution < -0.4 is 14.8 Å². The summed E-state index contributed by atoms with van der Waals surface area (Å²) < 4.78 is 15.6. The van der Waals surface area contributed by atoms with Crippen LogP contribution in [0.3, 0.4) is 0 Å². The number of carbonyl (C=O) groups excluding carboxylic acids is 1. The molecule has 2 aromatic rings. The second-order valence-electron chi connectivity index (χ2n) is 3.81. The molecule has 1 aliphatic heterocycles. The first-order valence-electron chi connectivity index (χ1n) is 5.54. The number of para-hydroxylation sites is 1. The molecule has 92 valence electrons. The Morgan fingerprint density at radius 2 is 2.17 bits per heavy atom. The highest BCUT2D eigenvalue weighted by atomic mass is 16.7. The fourth-order valence-corrected chi connectivity index (χ4v) is 1.80. The van der Waals surface area contributed by atoms with Crippen LogP contribution in [-0.2, 0) is 6.54 Å². The van der Waals surface area contributed by atoms with Gasteiger partial charge in [0.15, 0.2) is 17.3 Å². The van der Waals surface area contributed by atoms with Gasteiger partial charge in [-0.1, -0.05) is 12.1 Å². The molecule has 0 fully saturated rings. The molecule has 0 saturated carbocycles. The van der Waals surface area contributed by atoms with E-state index in [1.807, 2.05) is 18.2 Å². The fraction of sp³-hybridized carbons (Fsp3) is 0.154. The lowest BCUT2D eigenvalue weighted by molar-refractivity contribution is 0.0923. The molecule has 1 aromatic heterocycles. The van der Waals surface area contributed by atoms with Gasteiger partial charge in [-0.05, 0) is 18.2 Å². The molecule has 0 aliphatic carbocycles. The highest BCUT2D eigenvalue weighted by Gasteiger charge is 2.17. The summed E-state index contributed by atoms with van der Waals surface area (Å²) in [5.74, 6) is 1.44. The Balaban J connectivity index is 1.71. The average Bonchev–Trinajstić information content (AvgIpc) is 3.05. The Hall–Kier alpha value is -2.43. The first-order chi connectivity index (χ1) is 8.84. The van der Waals surface area contributed by atoms with E-state index in [1.54, 1.807) is 12.1 Å². The van der Waals surface area contributed by atoms with Crippen LogP contribution in [-0.4, -0.2) is 12.7 Å². The van der Waals surface area contributed by atoms with Gasteiger partial charge in [0.25, 0.3) is 5.91 Å². The molecular formula is C13H11NO4. The Morgan fingerprint density at radius 3 is 3.00 bits per heavy atom. The Bertz CT molecular complexity index is 562. The highest BCUT2D eigenvalue weighted by Crippen LogP contribution is 2.35. The predicted molar refractivity (Wildman–Crippen MR) is 62.4 cm³/mol. The van der Waals surface area contributed by atoms with Crippen molar-refractivity contribution < 1.29 is 18.7 Å². The molecule has 1 N–H and O–H groups in total. The van der Waals surface area contributed by atoms with Gasteiger partial charge in [-0.25, -0.2) is 0 Å². The molecule has 5 nitrogen and oxygen atoms in total. The van der Waals surface area contributed by atoms with Gasteiger partial charge < -0.3 is 19.2 Å². The number of benzene rings is 1. The smallest absolute Gasteiger partial charge is 0.287 e. The van der Waals surface area contributed by atoms with Crippen LogP contribution in [0.2, 0.25) is 0 Å². The van der Waals surface area contributed by atoms with Gasteiger partial charge in [0, 0.05) is 12.1 Å². The maximum absolute atomic E-state index is 11.7. The summed E-state index contributed by atoms with van der Waals surface area (Å²) in [7, 11) is 0. The summed E-state index contributed by atoms with van der Waals surface area (Å²) >= 11 is 0. The molecule has 3 rings (SSSR count). The van der Waals surface area contributed by atoms with E-state index in [4.69, 9.17) is 13.9 Å². The van der Waals surface area contributed by atoms with Crippen LogP contribution in [0.15, 0.2) is 41.0 Å². The van der Waals surface area contributed by atoms with Crippen molar-refractivity contribution in [2.75, 3.05) is 6.79 Å². The lowest BCUT2D eigenvalue weighted by Crippen LogP contribution is -2.22. The Morgan fingerprint density at radius 1 is 1.22 bits per heavy atom. The second kappa shape index (κ2) is 4.44. The second-order valence-corrected chi connectivity index (χ2v) is 3.81. The molecule has 18 heavy (non-hydrogen) atoms. The number of hydrogen-bond acceptors (Lipinski definition) is 4. The van der Waals surface area contributed by atoms with Crippen LogP contribution in [0.4, 0.5) is 0 Å². The van der Waals surface area contributed by atoms with Crippen molar-refractivity contribution in [3.8, 4) is 11.5 Å². The average molecular weight is 245 g/mol. The summed E-state index contributed by atoms with van der Waals surface area (Å²) in [4.78, 5) is 11.7. The zero-order valence-corrected chi connectivity index (χ0v) is 9.51. The maximum atomic E-state index is 11.7. The van der Waals surface area contributed by atoms with Gasteiger partial charge >= 0.3 is 0 Å². The fourth-order valence-electron chi connectivity index (χ4n) is 1.80. The number of furan rings is 1. The summed E-state index contributed by atoms with van der Waals surface area (Å²) in [6.07, 6.45) is 1.46. The van der Waals surface area contributed by atoms with E-state index in [0.29, 0.717) is 23.8 Å². The van der Waals surface area contributed by atoms with Gasteiger partial charge in [-0.3, -0.25) is 4.79 Å². The van der Waals surface area contributed by atoms with E-state index in [0.717, 1.165) is 5.56 Å². The predicted octanol–water partition coefficient (Wildman–Crippen LogP) is 1.94. The number of nitrogens with one attached hydrogen (secondary N) is 1. The molecule has 5 heteroatoms. The van der Waals surface area contributed by atoms with Crippen molar-refractivity contribution in [2.45, 2.75) is 6.54 Å². The zero-order chi connectivity index (χ0) is 12.4. The minimum Gasteiger partial charge on any atom is -0.459 e. The maximum Gasteiger partial charge on any atom is 0.287 e. The normalized spacial score (nSPS) is 12.4. The lowest BCUT2D eigenvalue weighted by atomic mass is 10.2. The van der Waals surface area contributed by atoms with Crippen molar-refractivity contribution in [1.29, 1.82) is 0 Å². The molecule has 1 aliphatic rings. The number of carbonyl (C=O) groups is 1. The molecule has 0 atom stereocenters. The van der Waals surface area contributed by atoms with Crippen molar-refractivity contribution in [1.82, 2.24) is 5.32 Å². The van der Waals surface area contributed by atoms with E-state index in [2.05, 4.69) is 5.32 Å². The number of amides is 1. The topological polar surface area (TPSA) is 60.7 Å². The van der Waals surface area contributed by atoms with Crippen molar-refractivity contribution in [3.63, 3.8) is 0 Å². The van der Waals surface area contributed by atoms with E-state index in [1.165, 1.54) is 6.26 Å². The van der Waals surface area contributed by atoms with Crippen molar-refractivity contribution in [3.05, 3.63) is 47.9 Å². The first-order valence-corrected chi connectivity index (χ1v) is 5.54. The number of ether oxygens (including phenoxy) is 2. The van der Waals surface area contributed by atoms with Gasteiger partial charge in [-0.15, -0.1) is 0 Å². The monoisotopic (exact) mass is 245 g/mol. The Kier molecular flexibility index (Phi) is 2.64. The van der Waals surface area contributed by atoms with Crippen LogP contribution >= 0.6 is 0 Å². The zero-order valence-electron chi connectivity index (χ0n) is 9.51. The van der Waals surface area contributed by atoms with E-state index < -0.39 is 0 Å². The SMILES string of the molecule is O=C(NCc1cccc2c1OCO2)c1ccco1. The third kappa shape index (κ3) is 1.90. The highest BCUT2D eigenvalue weighted by molar-refractivity contribution is 5.91. The van der Waals surface area contributed by atoms with Gasteiger partial charge in [0.1, 0.15) is 0 Å². The van der Waals surface area contributed by atoms with Crippen LogP contribution in [0, 0.1) is 0 Å². The molecule has 0 spiro atoms. The van der Waals surface area contributed by atoms with Crippen LogP contribution in [0.1, 0.15) is 16.1 Å². The van der Waals surface area contributed by atoms with Crippen LogP contribution in [0.5, 0.6) is 11.5 Å². The summed E-state index contributed by atoms with van der Waals surface area (Å²) in [5, 5.41) is 2.76. The minimum atomic E-state index is -0.253. The number of fused-ring (bicyclic) bond motifs is 1. The molecule has 2 heterocycles. The number of hydrogen-bond donors (Lipinski definition) is 1. The molecule has 0 bridgehead atoms. The molecule has 0 radical (unpaired) electrons.